The molecule has 0 N–H and O–H groups in total. The van der Waals surface area contributed by atoms with E-state index < -0.39 is 0 Å². The topological polar surface area (TPSA) is 39.9 Å². The minimum Gasteiger partial charge on any atom is -0.381 e. The average Bonchev–Trinajstić information content (AvgIpc) is 3.09. The van der Waals surface area contributed by atoms with Crippen molar-refractivity contribution in [3.63, 3.8) is 0 Å². The van der Waals surface area contributed by atoms with Crippen LogP contribution in [0.2, 0.25) is 0 Å². The van der Waals surface area contributed by atoms with Gasteiger partial charge in [-0.05, 0) is 30.7 Å². The van der Waals surface area contributed by atoms with Crippen molar-refractivity contribution >= 4 is 0 Å². The molecule has 2 aromatic rings. The van der Waals surface area contributed by atoms with Gasteiger partial charge in [-0.1, -0.05) is 30.3 Å². The van der Waals surface area contributed by atoms with Crippen LogP contribution in [0.5, 0.6) is 0 Å². The van der Waals surface area contributed by atoms with Crippen LogP contribution < -0.4 is 0 Å². The molecule has 0 amide bonds. The molecule has 2 aliphatic heterocycles. The van der Waals surface area contributed by atoms with E-state index in [1.807, 2.05) is 0 Å². The highest BCUT2D eigenvalue weighted by molar-refractivity contribution is 5.17. The van der Waals surface area contributed by atoms with Crippen molar-refractivity contribution in [2.75, 3.05) is 13.2 Å². The summed E-state index contributed by atoms with van der Waals surface area (Å²) in [7, 11) is 0. The lowest BCUT2D eigenvalue weighted by Crippen LogP contribution is -2.18. The Hall–Kier alpha value is -1.68. The largest absolute Gasteiger partial charge is 0.381 e. The summed E-state index contributed by atoms with van der Waals surface area (Å²) in [5.74, 6) is 3.58. The summed E-state index contributed by atoms with van der Waals surface area (Å²) < 4.78 is 7.84. The maximum absolute atomic E-state index is 5.46. The number of aromatic nitrogens is 3. The van der Waals surface area contributed by atoms with Crippen LogP contribution in [-0.2, 0) is 24.1 Å². The monoisotopic (exact) mass is 283 g/mol. The third kappa shape index (κ3) is 2.60. The van der Waals surface area contributed by atoms with Gasteiger partial charge in [-0.2, -0.15) is 0 Å². The van der Waals surface area contributed by atoms with E-state index in [1.165, 1.54) is 17.2 Å². The molecule has 110 valence electrons. The molecule has 1 fully saturated rings. The Morgan fingerprint density at radius 2 is 1.90 bits per heavy atom. The SMILES string of the molecule is c1ccc(CC2Cc3nnc(C4CCOCC4)n3C2)cc1. The lowest BCUT2D eigenvalue weighted by molar-refractivity contribution is 0.0827. The predicted octanol–water partition coefficient (Wildman–Crippen LogP) is 2.59. The van der Waals surface area contributed by atoms with Crippen LogP contribution >= 0.6 is 0 Å². The minimum atomic E-state index is 0.537. The van der Waals surface area contributed by atoms with Gasteiger partial charge in [-0.3, -0.25) is 0 Å². The molecular weight excluding hydrogens is 262 g/mol. The maximum Gasteiger partial charge on any atom is 0.136 e. The van der Waals surface area contributed by atoms with Crippen LogP contribution in [0.25, 0.3) is 0 Å². The highest BCUT2D eigenvalue weighted by Crippen LogP contribution is 2.31. The summed E-state index contributed by atoms with van der Waals surface area (Å²) in [4.78, 5) is 0. The van der Waals surface area contributed by atoms with Crippen molar-refractivity contribution in [2.24, 2.45) is 5.92 Å². The smallest absolute Gasteiger partial charge is 0.136 e. The summed E-state index contributed by atoms with van der Waals surface area (Å²) >= 11 is 0. The summed E-state index contributed by atoms with van der Waals surface area (Å²) in [5.41, 5.74) is 1.42. The van der Waals surface area contributed by atoms with E-state index >= 15 is 0 Å². The molecule has 0 bridgehead atoms. The second-order valence-corrected chi connectivity index (χ2v) is 6.23. The van der Waals surface area contributed by atoms with Crippen molar-refractivity contribution in [3.8, 4) is 0 Å². The predicted molar refractivity (Wildman–Crippen MR) is 80.2 cm³/mol. The molecule has 1 atom stereocenters. The summed E-state index contributed by atoms with van der Waals surface area (Å²) in [6.07, 6.45) is 4.37. The van der Waals surface area contributed by atoms with Crippen LogP contribution in [0.15, 0.2) is 30.3 Å². The first kappa shape index (κ1) is 13.0. The molecule has 1 unspecified atom stereocenters. The quantitative estimate of drug-likeness (QED) is 0.869. The number of benzene rings is 1. The normalized spacial score (nSPS) is 22.4. The molecule has 2 aliphatic rings. The van der Waals surface area contributed by atoms with Crippen molar-refractivity contribution in [3.05, 3.63) is 47.5 Å². The van der Waals surface area contributed by atoms with Gasteiger partial charge >= 0.3 is 0 Å². The number of hydrogen-bond acceptors (Lipinski definition) is 3. The third-order valence-corrected chi connectivity index (χ3v) is 4.72. The molecule has 0 spiro atoms. The van der Waals surface area contributed by atoms with Gasteiger partial charge in [-0.25, -0.2) is 0 Å². The zero-order valence-corrected chi connectivity index (χ0v) is 12.2. The minimum absolute atomic E-state index is 0.537. The molecule has 1 saturated heterocycles. The van der Waals surface area contributed by atoms with Crippen LogP contribution in [-0.4, -0.2) is 28.0 Å². The van der Waals surface area contributed by atoms with Gasteiger partial charge < -0.3 is 9.30 Å². The summed E-state index contributed by atoms with van der Waals surface area (Å²) in [6, 6.07) is 10.8. The lowest BCUT2D eigenvalue weighted by atomic mass is 9.97. The first-order chi connectivity index (χ1) is 10.4. The molecule has 1 aromatic carbocycles. The zero-order valence-electron chi connectivity index (χ0n) is 12.2. The zero-order chi connectivity index (χ0) is 14.1. The van der Waals surface area contributed by atoms with Gasteiger partial charge in [0.15, 0.2) is 0 Å². The molecular formula is C17H21N3O. The van der Waals surface area contributed by atoms with E-state index in [2.05, 4.69) is 45.1 Å². The average molecular weight is 283 g/mol. The van der Waals surface area contributed by atoms with E-state index in [-0.39, 0.29) is 0 Å². The number of hydrogen-bond donors (Lipinski definition) is 0. The van der Waals surface area contributed by atoms with Crippen LogP contribution in [0, 0.1) is 5.92 Å². The van der Waals surface area contributed by atoms with Crippen LogP contribution in [0.3, 0.4) is 0 Å². The van der Waals surface area contributed by atoms with Crippen molar-refractivity contribution in [2.45, 2.75) is 38.1 Å². The summed E-state index contributed by atoms with van der Waals surface area (Å²) in [6.45, 7) is 2.80. The standard InChI is InChI=1S/C17H21N3O/c1-2-4-13(5-3-1)10-14-11-16-18-19-17(20(16)12-14)15-6-8-21-9-7-15/h1-5,14-15H,6-12H2. The van der Waals surface area contributed by atoms with Crippen molar-refractivity contribution in [1.82, 2.24) is 14.8 Å². The maximum atomic E-state index is 5.46. The number of nitrogens with zero attached hydrogens (tertiary/aromatic N) is 3. The highest BCUT2D eigenvalue weighted by atomic mass is 16.5. The van der Waals surface area contributed by atoms with E-state index in [0.717, 1.165) is 45.4 Å². The van der Waals surface area contributed by atoms with Crippen molar-refractivity contribution < 1.29 is 4.74 Å². The third-order valence-electron chi connectivity index (χ3n) is 4.72. The molecule has 4 nitrogen and oxygen atoms in total. The van der Waals surface area contributed by atoms with Crippen molar-refractivity contribution in [1.29, 1.82) is 0 Å². The first-order valence-corrected chi connectivity index (χ1v) is 7.94. The molecule has 3 heterocycles. The van der Waals surface area contributed by atoms with E-state index in [4.69, 9.17) is 4.74 Å². The number of rotatable bonds is 3. The van der Waals surface area contributed by atoms with Gasteiger partial charge in [0.2, 0.25) is 0 Å². The van der Waals surface area contributed by atoms with Crippen LogP contribution in [0.4, 0.5) is 0 Å². The van der Waals surface area contributed by atoms with E-state index in [0.29, 0.717) is 11.8 Å². The Morgan fingerprint density at radius 1 is 1.10 bits per heavy atom. The van der Waals surface area contributed by atoms with Gasteiger partial charge in [0, 0.05) is 32.1 Å². The summed E-state index contributed by atoms with van der Waals surface area (Å²) in [5, 5.41) is 8.90. The molecule has 0 radical (unpaired) electrons. The fraction of sp³-hybridized carbons (Fsp3) is 0.529. The number of fused-ring (bicyclic) bond motifs is 1. The van der Waals surface area contributed by atoms with Gasteiger partial charge in [-0.15, -0.1) is 10.2 Å². The second-order valence-electron chi connectivity index (χ2n) is 6.23. The second kappa shape index (κ2) is 5.60. The fourth-order valence-corrected chi connectivity index (χ4v) is 3.62. The van der Waals surface area contributed by atoms with Gasteiger partial charge in [0.1, 0.15) is 11.6 Å². The molecule has 0 aliphatic carbocycles. The Morgan fingerprint density at radius 3 is 2.71 bits per heavy atom. The van der Waals surface area contributed by atoms with Crippen LogP contribution in [0.1, 0.15) is 36.0 Å². The van der Waals surface area contributed by atoms with E-state index in [9.17, 15) is 0 Å². The molecule has 4 rings (SSSR count). The Balaban J connectivity index is 1.48. The van der Waals surface area contributed by atoms with Gasteiger partial charge in [0.25, 0.3) is 0 Å². The molecule has 4 heteroatoms. The van der Waals surface area contributed by atoms with Gasteiger partial charge in [0.05, 0.1) is 0 Å². The Bertz CT molecular complexity index is 602. The Kier molecular flexibility index (Phi) is 3.47. The fourth-order valence-electron chi connectivity index (χ4n) is 3.62. The Labute approximate surface area is 125 Å². The van der Waals surface area contributed by atoms with E-state index in [1.54, 1.807) is 0 Å². The number of ether oxygens (including phenoxy) is 1. The first-order valence-electron chi connectivity index (χ1n) is 7.94. The molecule has 21 heavy (non-hydrogen) atoms. The highest BCUT2D eigenvalue weighted by Gasteiger charge is 2.30. The molecule has 1 aromatic heterocycles. The lowest BCUT2D eigenvalue weighted by Gasteiger charge is -2.21. The molecule has 0 saturated carbocycles.